The molecule has 1 unspecified atom stereocenters. The minimum Gasteiger partial charge on any atom is -0.317 e. The molecule has 0 bridgehead atoms. The Hall–Kier alpha value is -0.120. The molecule has 0 amide bonds. The number of hydrogen-bond donors (Lipinski definition) is 1. The predicted molar refractivity (Wildman–Crippen MR) is 62.1 cm³/mol. The second-order valence-corrected chi connectivity index (χ2v) is 5.66. The van der Waals surface area contributed by atoms with Crippen molar-refractivity contribution in [1.82, 2.24) is 15.1 Å². The maximum atomic E-state index is 3.51. The number of rotatable bonds is 0. The fraction of sp³-hybridized carbons (Fsp3) is 1.00. The van der Waals surface area contributed by atoms with E-state index in [0.29, 0.717) is 5.54 Å². The van der Waals surface area contributed by atoms with E-state index in [1.54, 1.807) is 0 Å². The summed E-state index contributed by atoms with van der Waals surface area (Å²) >= 11 is 0. The quantitative estimate of drug-likeness (QED) is 0.627. The number of nitrogens with one attached hydrogen (secondary N) is 1. The Bertz CT molecular complexity index is 235. The lowest BCUT2D eigenvalue weighted by Gasteiger charge is -2.53. The minimum absolute atomic E-state index is 0.527. The Balaban J connectivity index is 1.84. The molecule has 3 nitrogen and oxygen atoms in total. The van der Waals surface area contributed by atoms with Crippen molar-refractivity contribution in [3.8, 4) is 0 Å². The van der Waals surface area contributed by atoms with Crippen LogP contribution < -0.4 is 5.32 Å². The summed E-state index contributed by atoms with van der Waals surface area (Å²) < 4.78 is 0. The summed E-state index contributed by atoms with van der Waals surface area (Å²) in [6, 6.07) is 0.863. The van der Waals surface area contributed by atoms with Crippen LogP contribution in [0, 0.1) is 0 Å². The lowest BCUT2D eigenvalue weighted by molar-refractivity contribution is -0.0307. The maximum absolute atomic E-state index is 3.51. The van der Waals surface area contributed by atoms with Crippen molar-refractivity contribution in [1.29, 1.82) is 0 Å². The molecule has 0 saturated carbocycles. The van der Waals surface area contributed by atoms with E-state index >= 15 is 0 Å². The van der Waals surface area contributed by atoms with Crippen molar-refractivity contribution in [2.75, 3.05) is 39.8 Å². The van der Waals surface area contributed by atoms with Crippen LogP contribution in [0.4, 0.5) is 0 Å². The van der Waals surface area contributed by atoms with Crippen LogP contribution in [0.15, 0.2) is 0 Å². The monoisotopic (exact) mass is 209 g/mol. The Labute approximate surface area is 92.8 Å². The van der Waals surface area contributed by atoms with E-state index in [0.717, 1.165) is 6.04 Å². The second kappa shape index (κ2) is 3.72. The average molecular weight is 209 g/mol. The molecular formula is C12H23N3. The molecule has 0 aromatic carbocycles. The topological polar surface area (TPSA) is 18.5 Å². The predicted octanol–water partition coefficient (Wildman–Crippen LogP) is 0.518. The number of piperazine rings is 1. The largest absolute Gasteiger partial charge is 0.317 e. The van der Waals surface area contributed by atoms with Gasteiger partial charge in [-0.15, -0.1) is 0 Å². The first-order valence-corrected chi connectivity index (χ1v) is 6.46. The normalized spacial score (nSPS) is 37.0. The highest BCUT2D eigenvalue weighted by molar-refractivity contribution is 5.04. The highest BCUT2D eigenvalue weighted by Gasteiger charge is 2.47. The molecule has 15 heavy (non-hydrogen) atoms. The van der Waals surface area contributed by atoms with Crippen LogP contribution in [0.1, 0.15) is 25.7 Å². The maximum Gasteiger partial charge on any atom is 0.0363 e. The summed E-state index contributed by atoms with van der Waals surface area (Å²) in [6.07, 6.45) is 5.56. The van der Waals surface area contributed by atoms with Gasteiger partial charge in [0.05, 0.1) is 0 Å². The molecule has 3 saturated heterocycles. The van der Waals surface area contributed by atoms with E-state index in [1.807, 2.05) is 0 Å². The molecular weight excluding hydrogens is 186 g/mol. The molecule has 3 heterocycles. The van der Waals surface area contributed by atoms with Crippen LogP contribution in [-0.2, 0) is 0 Å². The summed E-state index contributed by atoms with van der Waals surface area (Å²) in [7, 11) is 2.31. The van der Waals surface area contributed by atoms with E-state index in [-0.39, 0.29) is 0 Å². The Morgan fingerprint density at radius 3 is 2.87 bits per heavy atom. The lowest BCUT2D eigenvalue weighted by Crippen LogP contribution is -2.66. The van der Waals surface area contributed by atoms with Gasteiger partial charge in [0.2, 0.25) is 0 Å². The van der Waals surface area contributed by atoms with E-state index < -0.39 is 0 Å². The fourth-order valence-electron chi connectivity index (χ4n) is 4.01. The standard InChI is InChI=1S/C12H23N3/c1-14-9-11-3-2-8-15(11)12(10-14)4-6-13-7-5-12/h11,13H,2-10H2,1H3. The molecule has 3 rings (SSSR count). The van der Waals surface area contributed by atoms with Gasteiger partial charge in [0, 0.05) is 24.7 Å². The first-order chi connectivity index (χ1) is 7.30. The first kappa shape index (κ1) is 10.1. The van der Waals surface area contributed by atoms with Crippen LogP contribution in [0.3, 0.4) is 0 Å². The number of nitrogens with zero attached hydrogens (tertiary/aromatic N) is 2. The third-order valence-corrected chi connectivity index (χ3v) is 4.61. The van der Waals surface area contributed by atoms with Gasteiger partial charge in [-0.1, -0.05) is 0 Å². The molecule has 0 aromatic heterocycles. The van der Waals surface area contributed by atoms with Crippen molar-refractivity contribution in [3.63, 3.8) is 0 Å². The molecule has 3 fully saturated rings. The zero-order valence-electron chi connectivity index (χ0n) is 9.84. The zero-order valence-corrected chi connectivity index (χ0v) is 9.84. The van der Waals surface area contributed by atoms with Crippen molar-refractivity contribution in [2.45, 2.75) is 37.3 Å². The Kier molecular flexibility index (Phi) is 2.49. The molecule has 1 spiro atoms. The van der Waals surface area contributed by atoms with Crippen molar-refractivity contribution < 1.29 is 0 Å². The van der Waals surface area contributed by atoms with E-state index in [9.17, 15) is 0 Å². The first-order valence-electron chi connectivity index (χ1n) is 6.46. The summed E-state index contributed by atoms with van der Waals surface area (Å²) in [5, 5.41) is 3.51. The van der Waals surface area contributed by atoms with Crippen LogP contribution >= 0.6 is 0 Å². The third kappa shape index (κ3) is 1.61. The van der Waals surface area contributed by atoms with E-state index in [2.05, 4.69) is 22.2 Å². The molecule has 0 aliphatic carbocycles. The fourth-order valence-corrected chi connectivity index (χ4v) is 4.01. The number of piperidine rings is 1. The highest BCUT2D eigenvalue weighted by Crippen LogP contribution is 2.37. The van der Waals surface area contributed by atoms with Crippen LogP contribution in [-0.4, -0.2) is 61.2 Å². The molecule has 1 N–H and O–H groups in total. The van der Waals surface area contributed by atoms with Gasteiger partial charge in [-0.3, -0.25) is 4.90 Å². The summed E-state index contributed by atoms with van der Waals surface area (Å²) in [6.45, 7) is 6.40. The van der Waals surface area contributed by atoms with Gasteiger partial charge >= 0.3 is 0 Å². The lowest BCUT2D eigenvalue weighted by atomic mass is 9.83. The van der Waals surface area contributed by atoms with Gasteiger partial charge in [-0.2, -0.15) is 0 Å². The Morgan fingerprint density at radius 1 is 1.27 bits per heavy atom. The summed E-state index contributed by atoms with van der Waals surface area (Å²) in [5.74, 6) is 0. The summed E-state index contributed by atoms with van der Waals surface area (Å²) in [5.41, 5.74) is 0.527. The molecule has 1 atom stereocenters. The third-order valence-electron chi connectivity index (χ3n) is 4.61. The van der Waals surface area contributed by atoms with Gasteiger partial charge in [-0.25, -0.2) is 0 Å². The molecule has 3 aliphatic heterocycles. The van der Waals surface area contributed by atoms with Gasteiger partial charge in [0.15, 0.2) is 0 Å². The molecule has 3 heteroatoms. The van der Waals surface area contributed by atoms with Crippen LogP contribution in [0.25, 0.3) is 0 Å². The Morgan fingerprint density at radius 2 is 2.07 bits per heavy atom. The molecule has 86 valence electrons. The number of likely N-dealkylation sites (N-methyl/N-ethyl adjacent to an activating group) is 1. The van der Waals surface area contributed by atoms with Gasteiger partial charge < -0.3 is 10.2 Å². The summed E-state index contributed by atoms with van der Waals surface area (Å²) in [4.78, 5) is 5.42. The highest BCUT2D eigenvalue weighted by atomic mass is 15.3. The number of fused-ring (bicyclic) bond motifs is 2. The minimum atomic E-state index is 0.527. The van der Waals surface area contributed by atoms with Crippen LogP contribution in [0.5, 0.6) is 0 Å². The zero-order chi connectivity index (χ0) is 10.3. The van der Waals surface area contributed by atoms with Gasteiger partial charge in [-0.05, 0) is 52.4 Å². The molecule has 0 aromatic rings. The second-order valence-electron chi connectivity index (χ2n) is 5.66. The average Bonchev–Trinajstić information content (AvgIpc) is 2.67. The van der Waals surface area contributed by atoms with Crippen molar-refractivity contribution >= 4 is 0 Å². The molecule has 3 aliphatic rings. The van der Waals surface area contributed by atoms with Crippen molar-refractivity contribution in [3.05, 3.63) is 0 Å². The van der Waals surface area contributed by atoms with E-state index in [4.69, 9.17) is 0 Å². The van der Waals surface area contributed by atoms with E-state index in [1.165, 1.54) is 58.4 Å². The van der Waals surface area contributed by atoms with Gasteiger partial charge in [0.25, 0.3) is 0 Å². The number of hydrogen-bond acceptors (Lipinski definition) is 3. The molecule has 0 radical (unpaired) electrons. The van der Waals surface area contributed by atoms with Crippen LogP contribution in [0.2, 0.25) is 0 Å². The SMILES string of the molecule is CN1CC2CCCN2C2(CCNCC2)C1. The van der Waals surface area contributed by atoms with Gasteiger partial charge in [0.1, 0.15) is 0 Å². The smallest absolute Gasteiger partial charge is 0.0363 e. The van der Waals surface area contributed by atoms with Crippen molar-refractivity contribution in [2.24, 2.45) is 0 Å².